The Balaban J connectivity index is 0.000000171. The van der Waals surface area contributed by atoms with Gasteiger partial charge in [-0.25, -0.2) is 9.59 Å². The molecule has 0 atom stereocenters. The number of hydrogen-bond acceptors (Lipinski definition) is 6. The van der Waals surface area contributed by atoms with Crippen molar-refractivity contribution >= 4 is 12.2 Å². The van der Waals surface area contributed by atoms with Crippen LogP contribution in [-0.2, 0) is 9.47 Å². The maximum Gasteiger partial charge on any atom is 0.410 e. The number of likely N-dealkylation sites (tertiary alicyclic amines) is 2. The number of ether oxygens (including phenoxy) is 2. The number of nitrogens with two attached hydrogens (primary N) is 2. The maximum absolute atomic E-state index is 11.8. The van der Waals surface area contributed by atoms with E-state index in [4.69, 9.17) is 20.9 Å². The molecule has 2 amide bonds. The molecule has 8 nitrogen and oxygen atoms in total. The molecule has 2 aliphatic heterocycles. The van der Waals surface area contributed by atoms with Crippen LogP contribution in [0.3, 0.4) is 0 Å². The average Bonchev–Trinajstić information content (AvgIpc) is 2.42. The lowest BCUT2D eigenvalue weighted by molar-refractivity contribution is -0.0871. The second-order valence-electron chi connectivity index (χ2n) is 11.5. The summed E-state index contributed by atoms with van der Waals surface area (Å²) in [5, 5.41) is 0. The first-order chi connectivity index (χ1) is 13.6. The minimum absolute atomic E-state index is 0.0573. The van der Waals surface area contributed by atoms with Gasteiger partial charge in [0.15, 0.2) is 0 Å². The van der Waals surface area contributed by atoms with Gasteiger partial charge in [0.05, 0.1) is 11.1 Å². The van der Waals surface area contributed by atoms with E-state index in [1.807, 2.05) is 51.3 Å². The van der Waals surface area contributed by atoms with Crippen LogP contribution >= 0.6 is 0 Å². The van der Waals surface area contributed by atoms with Crippen molar-refractivity contribution in [1.29, 1.82) is 0 Å². The first-order valence-corrected chi connectivity index (χ1v) is 11.2. The molecule has 0 unspecified atom stereocenters. The molecule has 4 fully saturated rings. The molecule has 4 rings (SSSR count). The van der Waals surface area contributed by atoms with Crippen molar-refractivity contribution in [2.45, 2.75) is 114 Å². The third-order valence-corrected chi connectivity index (χ3v) is 6.54. The van der Waals surface area contributed by atoms with E-state index in [9.17, 15) is 9.59 Å². The van der Waals surface area contributed by atoms with E-state index in [2.05, 4.69) is 0 Å². The summed E-state index contributed by atoms with van der Waals surface area (Å²) in [4.78, 5) is 27.3. The van der Waals surface area contributed by atoms with Crippen molar-refractivity contribution < 1.29 is 19.1 Å². The molecule has 0 aromatic carbocycles. The average molecular weight is 425 g/mol. The highest BCUT2D eigenvalue weighted by Crippen LogP contribution is 2.47. The highest BCUT2D eigenvalue weighted by molar-refractivity contribution is 5.71. The SMILES string of the molecule is CC(C)(C)OC(=O)N1CCC12CC(N)C2.CC(C)(C)OC(=O)N1CCC12CC(N)C2. The Morgan fingerprint density at radius 1 is 0.733 bits per heavy atom. The van der Waals surface area contributed by atoms with E-state index in [-0.39, 0.29) is 35.3 Å². The first kappa shape index (κ1) is 23.1. The molecule has 30 heavy (non-hydrogen) atoms. The molecule has 2 aliphatic carbocycles. The van der Waals surface area contributed by atoms with Crippen LogP contribution in [0.25, 0.3) is 0 Å². The van der Waals surface area contributed by atoms with Crippen molar-refractivity contribution in [3.8, 4) is 0 Å². The summed E-state index contributed by atoms with van der Waals surface area (Å²) < 4.78 is 10.7. The highest BCUT2D eigenvalue weighted by Gasteiger charge is 2.56. The van der Waals surface area contributed by atoms with Gasteiger partial charge in [0, 0.05) is 25.2 Å². The number of hydrogen-bond donors (Lipinski definition) is 2. The van der Waals surface area contributed by atoms with Crippen molar-refractivity contribution in [3.05, 3.63) is 0 Å². The molecule has 8 heteroatoms. The summed E-state index contributed by atoms with van der Waals surface area (Å²) in [7, 11) is 0. The second kappa shape index (κ2) is 7.55. The minimum atomic E-state index is -0.403. The lowest BCUT2D eigenvalue weighted by Crippen LogP contribution is -2.71. The third-order valence-electron chi connectivity index (χ3n) is 6.54. The van der Waals surface area contributed by atoms with Crippen LogP contribution < -0.4 is 11.5 Å². The topological polar surface area (TPSA) is 111 Å². The van der Waals surface area contributed by atoms with Crippen LogP contribution in [0.5, 0.6) is 0 Å². The predicted octanol–water partition coefficient (Wildman–Crippen LogP) is 2.97. The Bertz CT molecular complexity index is 612. The fraction of sp³-hybridized carbons (Fsp3) is 0.909. The van der Waals surface area contributed by atoms with Gasteiger partial charge in [-0.15, -0.1) is 0 Å². The largest absolute Gasteiger partial charge is 0.444 e. The van der Waals surface area contributed by atoms with Gasteiger partial charge in [-0.2, -0.15) is 0 Å². The van der Waals surface area contributed by atoms with Crippen molar-refractivity contribution in [2.75, 3.05) is 13.1 Å². The smallest absolute Gasteiger partial charge is 0.410 e. The monoisotopic (exact) mass is 424 g/mol. The molecule has 2 saturated carbocycles. The van der Waals surface area contributed by atoms with Gasteiger partial charge >= 0.3 is 12.2 Å². The Labute approximate surface area is 180 Å². The van der Waals surface area contributed by atoms with Gasteiger partial charge < -0.3 is 30.7 Å². The van der Waals surface area contributed by atoms with Gasteiger partial charge in [-0.3, -0.25) is 0 Å². The number of carbonyl (C=O) groups excluding carboxylic acids is 2. The molecule has 0 aromatic heterocycles. The van der Waals surface area contributed by atoms with Gasteiger partial charge in [0.2, 0.25) is 0 Å². The molecule has 4 aliphatic rings. The molecule has 2 spiro atoms. The molecule has 2 heterocycles. The summed E-state index contributed by atoms with van der Waals surface area (Å²) in [6.07, 6.45) is 5.55. The van der Waals surface area contributed by atoms with E-state index in [1.54, 1.807) is 0 Å². The van der Waals surface area contributed by atoms with Crippen LogP contribution in [0, 0.1) is 0 Å². The molecule has 4 N–H and O–H groups in total. The fourth-order valence-electron chi connectivity index (χ4n) is 4.97. The third kappa shape index (κ3) is 4.69. The number of carbonyl (C=O) groups is 2. The summed E-state index contributed by atoms with van der Waals surface area (Å²) in [6.45, 7) is 13.0. The van der Waals surface area contributed by atoms with Crippen LogP contribution in [0.4, 0.5) is 9.59 Å². The fourth-order valence-corrected chi connectivity index (χ4v) is 4.97. The number of nitrogens with zero attached hydrogens (tertiary/aromatic N) is 2. The molecular formula is C22H40N4O4. The van der Waals surface area contributed by atoms with Crippen molar-refractivity contribution in [3.63, 3.8) is 0 Å². The molecule has 2 saturated heterocycles. The Kier molecular flexibility index (Phi) is 5.82. The molecule has 0 bridgehead atoms. The van der Waals surface area contributed by atoms with E-state index in [0.29, 0.717) is 0 Å². The minimum Gasteiger partial charge on any atom is -0.444 e. The molecule has 0 radical (unpaired) electrons. The van der Waals surface area contributed by atoms with Gasteiger partial charge in [0.25, 0.3) is 0 Å². The summed E-state index contributed by atoms with van der Waals surface area (Å²) in [6, 6.07) is 0.547. The van der Waals surface area contributed by atoms with Gasteiger partial charge in [-0.1, -0.05) is 0 Å². The van der Waals surface area contributed by atoms with Crippen molar-refractivity contribution in [1.82, 2.24) is 9.80 Å². The predicted molar refractivity (Wildman–Crippen MR) is 115 cm³/mol. The zero-order valence-corrected chi connectivity index (χ0v) is 19.5. The number of rotatable bonds is 0. The summed E-state index contributed by atoms with van der Waals surface area (Å²) in [5.74, 6) is 0. The zero-order chi connectivity index (χ0) is 22.5. The van der Waals surface area contributed by atoms with Gasteiger partial charge in [-0.05, 0) is 80.1 Å². The Hall–Kier alpha value is -1.54. The Morgan fingerprint density at radius 3 is 1.20 bits per heavy atom. The van der Waals surface area contributed by atoms with Crippen LogP contribution in [0.1, 0.15) is 80.1 Å². The second-order valence-corrected chi connectivity index (χ2v) is 11.5. The van der Waals surface area contributed by atoms with Crippen LogP contribution in [-0.4, -0.2) is 69.4 Å². The standard InChI is InChI=1S/2C11H20N2O2/c2*1-10(2,3)15-9(14)13-5-4-11(13)6-8(12)7-11/h2*8H,4-7,12H2,1-3H3. The number of amides is 2. The molecular weight excluding hydrogens is 384 g/mol. The molecule has 0 aromatic rings. The Morgan fingerprint density at radius 2 is 1.03 bits per heavy atom. The van der Waals surface area contributed by atoms with E-state index < -0.39 is 11.2 Å². The normalized spacial score (nSPS) is 34.7. The van der Waals surface area contributed by atoms with E-state index in [1.165, 1.54) is 0 Å². The van der Waals surface area contributed by atoms with Crippen LogP contribution in [0.2, 0.25) is 0 Å². The van der Waals surface area contributed by atoms with E-state index in [0.717, 1.165) is 51.6 Å². The zero-order valence-electron chi connectivity index (χ0n) is 19.5. The van der Waals surface area contributed by atoms with Crippen LogP contribution in [0.15, 0.2) is 0 Å². The summed E-state index contributed by atoms with van der Waals surface area (Å²) in [5.41, 5.74) is 10.9. The summed E-state index contributed by atoms with van der Waals surface area (Å²) >= 11 is 0. The lowest BCUT2D eigenvalue weighted by Gasteiger charge is -2.60. The van der Waals surface area contributed by atoms with Gasteiger partial charge in [0.1, 0.15) is 11.2 Å². The van der Waals surface area contributed by atoms with Crippen molar-refractivity contribution in [2.24, 2.45) is 11.5 Å². The maximum atomic E-state index is 11.8. The lowest BCUT2D eigenvalue weighted by atomic mass is 9.65. The first-order valence-electron chi connectivity index (χ1n) is 11.2. The highest BCUT2D eigenvalue weighted by atomic mass is 16.6. The van der Waals surface area contributed by atoms with E-state index >= 15 is 0 Å². The molecule has 172 valence electrons. The quantitative estimate of drug-likeness (QED) is 0.618.